The monoisotopic (exact) mass is 282 g/mol. The Morgan fingerprint density at radius 3 is 2.62 bits per heavy atom. The van der Waals surface area contributed by atoms with Gasteiger partial charge in [0.15, 0.2) is 0 Å². The molecule has 1 heterocycles. The topological polar surface area (TPSA) is 29.5 Å². The summed E-state index contributed by atoms with van der Waals surface area (Å²) in [5.41, 5.74) is 4.66. The molecule has 2 heteroatoms. The predicted molar refractivity (Wildman–Crippen MR) is 84.8 cm³/mol. The van der Waals surface area contributed by atoms with Gasteiger partial charge in [0.05, 0.1) is 12.7 Å². The fraction of sp³-hybridized carbons (Fsp3) is 0.368. The number of hydrogen-bond acceptors (Lipinski definition) is 2. The van der Waals surface area contributed by atoms with Gasteiger partial charge in [0.2, 0.25) is 0 Å². The molecule has 0 saturated carbocycles. The maximum absolute atomic E-state index is 10.6. The molecule has 2 nitrogen and oxygen atoms in total. The molecule has 0 aliphatic carbocycles. The van der Waals surface area contributed by atoms with Gasteiger partial charge in [0, 0.05) is 0 Å². The highest BCUT2D eigenvalue weighted by molar-refractivity contribution is 5.38. The summed E-state index contributed by atoms with van der Waals surface area (Å²) in [4.78, 5) is 0. The Morgan fingerprint density at radius 1 is 1.14 bits per heavy atom. The molecule has 0 radical (unpaired) electrons. The first-order valence-corrected chi connectivity index (χ1v) is 7.61. The van der Waals surface area contributed by atoms with Crippen molar-refractivity contribution in [1.29, 1.82) is 0 Å². The highest BCUT2D eigenvalue weighted by atomic mass is 16.5. The fourth-order valence-corrected chi connectivity index (χ4v) is 3.27. The number of benzene rings is 2. The van der Waals surface area contributed by atoms with Gasteiger partial charge in [-0.25, -0.2) is 0 Å². The number of rotatable bonds is 3. The van der Waals surface area contributed by atoms with E-state index in [4.69, 9.17) is 4.74 Å². The molecule has 2 aromatic carbocycles. The van der Waals surface area contributed by atoms with Crippen LogP contribution in [0.4, 0.5) is 0 Å². The smallest absolute Gasteiger partial charge is 0.122 e. The second kappa shape index (κ2) is 5.90. The summed E-state index contributed by atoms with van der Waals surface area (Å²) < 4.78 is 5.70. The van der Waals surface area contributed by atoms with E-state index >= 15 is 0 Å². The van der Waals surface area contributed by atoms with Crippen molar-refractivity contribution in [3.05, 3.63) is 64.7 Å². The lowest BCUT2D eigenvalue weighted by Gasteiger charge is -2.27. The zero-order chi connectivity index (χ0) is 14.8. The standard InChI is InChI=1S/C19H22O2/c1-13-9-14(2)11-16(10-13)18(20)12-15-7-8-21-19-6-4-3-5-17(15)19/h3-6,9-11,15,18,20H,7-8,12H2,1-2H3. The van der Waals surface area contributed by atoms with E-state index in [0.717, 1.165) is 30.8 Å². The Bertz CT molecular complexity index is 613. The molecule has 1 aliphatic rings. The first-order valence-electron chi connectivity index (χ1n) is 7.61. The van der Waals surface area contributed by atoms with E-state index in [-0.39, 0.29) is 0 Å². The Morgan fingerprint density at radius 2 is 1.86 bits per heavy atom. The van der Waals surface area contributed by atoms with Crippen molar-refractivity contribution in [2.24, 2.45) is 0 Å². The first-order chi connectivity index (χ1) is 10.1. The molecule has 0 fully saturated rings. The number of fused-ring (bicyclic) bond motifs is 1. The van der Waals surface area contributed by atoms with Gasteiger partial charge >= 0.3 is 0 Å². The molecular formula is C19H22O2. The van der Waals surface area contributed by atoms with E-state index in [2.05, 4.69) is 38.1 Å². The third-order valence-electron chi connectivity index (χ3n) is 4.22. The van der Waals surface area contributed by atoms with Crippen LogP contribution in [0.5, 0.6) is 5.75 Å². The minimum atomic E-state index is -0.417. The number of aliphatic hydroxyl groups excluding tert-OH is 1. The summed E-state index contributed by atoms with van der Waals surface area (Å²) in [7, 11) is 0. The molecule has 21 heavy (non-hydrogen) atoms. The molecule has 0 amide bonds. The van der Waals surface area contributed by atoms with E-state index in [1.807, 2.05) is 18.2 Å². The van der Waals surface area contributed by atoms with Crippen molar-refractivity contribution in [3.63, 3.8) is 0 Å². The average molecular weight is 282 g/mol. The summed E-state index contributed by atoms with van der Waals surface area (Å²) >= 11 is 0. The number of para-hydroxylation sites is 1. The lowest BCUT2D eigenvalue weighted by atomic mass is 9.86. The van der Waals surface area contributed by atoms with Crippen LogP contribution in [0, 0.1) is 13.8 Å². The van der Waals surface area contributed by atoms with Crippen LogP contribution in [-0.2, 0) is 0 Å². The normalized spacial score (nSPS) is 18.7. The van der Waals surface area contributed by atoms with Gasteiger partial charge in [-0.2, -0.15) is 0 Å². The zero-order valence-electron chi connectivity index (χ0n) is 12.7. The number of aliphatic hydroxyl groups is 1. The third-order valence-corrected chi connectivity index (χ3v) is 4.22. The molecular weight excluding hydrogens is 260 g/mol. The summed E-state index contributed by atoms with van der Waals surface area (Å²) in [5.74, 6) is 1.34. The molecule has 2 aromatic rings. The molecule has 3 rings (SSSR count). The van der Waals surface area contributed by atoms with E-state index in [1.165, 1.54) is 16.7 Å². The Labute approximate surface area is 126 Å². The second-order valence-electron chi connectivity index (χ2n) is 6.04. The highest BCUT2D eigenvalue weighted by Crippen LogP contribution is 2.38. The van der Waals surface area contributed by atoms with Crippen molar-refractivity contribution in [2.75, 3.05) is 6.61 Å². The molecule has 2 unspecified atom stereocenters. The molecule has 110 valence electrons. The van der Waals surface area contributed by atoms with Gasteiger partial charge < -0.3 is 9.84 Å². The summed E-state index contributed by atoms with van der Waals surface area (Å²) in [6, 6.07) is 14.5. The minimum absolute atomic E-state index is 0.366. The van der Waals surface area contributed by atoms with E-state index in [9.17, 15) is 5.11 Å². The van der Waals surface area contributed by atoms with Crippen LogP contribution >= 0.6 is 0 Å². The van der Waals surface area contributed by atoms with Crippen molar-refractivity contribution < 1.29 is 9.84 Å². The maximum atomic E-state index is 10.6. The number of aryl methyl sites for hydroxylation is 2. The molecule has 1 aliphatic heterocycles. The lowest BCUT2D eigenvalue weighted by molar-refractivity contribution is 0.145. The van der Waals surface area contributed by atoms with Crippen molar-refractivity contribution >= 4 is 0 Å². The number of hydrogen-bond donors (Lipinski definition) is 1. The van der Waals surface area contributed by atoms with Gasteiger partial charge in [-0.05, 0) is 49.8 Å². The Balaban J connectivity index is 1.81. The first kappa shape index (κ1) is 14.2. The minimum Gasteiger partial charge on any atom is -0.493 e. The molecule has 0 aromatic heterocycles. The van der Waals surface area contributed by atoms with Crippen LogP contribution in [-0.4, -0.2) is 11.7 Å². The molecule has 0 bridgehead atoms. The average Bonchev–Trinajstić information content (AvgIpc) is 2.46. The zero-order valence-corrected chi connectivity index (χ0v) is 12.7. The lowest BCUT2D eigenvalue weighted by Crippen LogP contribution is -2.16. The van der Waals surface area contributed by atoms with E-state index in [1.54, 1.807) is 0 Å². The Kier molecular flexibility index (Phi) is 3.98. The van der Waals surface area contributed by atoms with Crippen LogP contribution < -0.4 is 4.74 Å². The molecule has 1 N–H and O–H groups in total. The van der Waals surface area contributed by atoms with Gasteiger partial charge in [0.1, 0.15) is 5.75 Å². The van der Waals surface area contributed by atoms with E-state index < -0.39 is 6.10 Å². The van der Waals surface area contributed by atoms with Crippen molar-refractivity contribution in [1.82, 2.24) is 0 Å². The second-order valence-corrected chi connectivity index (χ2v) is 6.04. The van der Waals surface area contributed by atoms with Crippen LogP contribution in [0.3, 0.4) is 0 Å². The van der Waals surface area contributed by atoms with Crippen molar-refractivity contribution in [2.45, 2.75) is 38.7 Å². The van der Waals surface area contributed by atoms with Crippen molar-refractivity contribution in [3.8, 4) is 5.75 Å². The van der Waals surface area contributed by atoms with E-state index in [0.29, 0.717) is 5.92 Å². The summed E-state index contributed by atoms with van der Waals surface area (Å²) in [5, 5.41) is 10.6. The molecule has 0 saturated heterocycles. The van der Waals surface area contributed by atoms with Crippen LogP contribution in [0.1, 0.15) is 47.1 Å². The maximum Gasteiger partial charge on any atom is 0.122 e. The predicted octanol–water partition coefficient (Wildman–Crippen LogP) is 4.29. The summed E-state index contributed by atoms with van der Waals surface area (Å²) in [6.45, 7) is 4.89. The fourth-order valence-electron chi connectivity index (χ4n) is 3.27. The molecule has 0 spiro atoms. The quantitative estimate of drug-likeness (QED) is 0.909. The number of ether oxygens (including phenoxy) is 1. The van der Waals surface area contributed by atoms with Crippen LogP contribution in [0.15, 0.2) is 42.5 Å². The van der Waals surface area contributed by atoms with Gasteiger partial charge in [-0.1, -0.05) is 47.5 Å². The Hall–Kier alpha value is -1.80. The van der Waals surface area contributed by atoms with Gasteiger partial charge in [0.25, 0.3) is 0 Å². The molecule has 2 atom stereocenters. The van der Waals surface area contributed by atoms with Crippen LogP contribution in [0.2, 0.25) is 0 Å². The summed E-state index contributed by atoms with van der Waals surface area (Å²) in [6.07, 6.45) is 1.31. The van der Waals surface area contributed by atoms with Crippen LogP contribution in [0.25, 0.3) is 0 Å². The largest absolute Gasteiger partial charge is 0.493 e. The van der Waals surface area contributed by atoms with Gasteiger partial charge in [-0.3, -0.25) is 0 Å². The highest BCUT2D eigenvalue weighted by Gasteiger charge is 2.24. The van der Waals surface area contributed by atoms with Gasteiger partial charge in [-0.15, -0.1) is 0 Å². The SMILES string of the molecule is Cc1cc(C)cc(C(O)CC2CCOc3ccccc32)c1. The third kappa shape index (κ3) is 3.11.